The molecule has 0 bridgehead atoms. The molecule has 120 valence electrons. The molecular formula is C16H16BrN3O3. The van der Waals surface area contributed by atoms with Gasteiger partial charge in [-0.1, -0.05) is 40.2 Å². The Hall–Kier alpha value is -2.54. The lowest BCUT2D eigenvalue weighted by atomic mass is 10.2. The van der Waals surface area contributed by atoms with Crippen molar-refractivity contribution in [2.45, 2.75) is 6.61 Å². The van der Waals surface area contributed by atoms with Gasteiger partial charge in [0.05, 0.1) is 13.3 Å². The third-order valence-electron chi connectivity index (χ3n) is 2.94. The fourth-order valence-corrected chi connectivity index (χ4v) is 2.28. The smallest absolute Gasteiger partial charge is 0.332 e. The van der Waals surface area contributed by atoms with Gasteiger partial charge in [-0.15, -0.1) is 0 Å². The summed E-state index contributed by atoms with van der Waals surface area (Å²) in [4.78, 5) is 10.7. The molecule has 0 unspecified atom stereocenters. The highest BCUT2D eigenvalue weighted by atomic mass is 79.9. The van der Waals surface area contributed by atoms with Crippen LogP contribution in [0.1, 0.15) is 11.1 Å². The van der Waals surface area contributed by atoms with E-state index in [0.717, 1.165) is 10.0 Å². The van der Waals surface area contributed by atoms with E-state index in [9.17, 15) is 4.79 Å². The minimum atomic E-state index is -0.736. The lowest BCUT2D eigenvalue weighted by molar-refractivity contribution is 0.249. The van der Waals surface area contributed by atoms with Crippen LogP contribution in [0.5, 0.6) is 11.5 Å². The van der Waals surface area contributed by atoms with Crippen LogP contribution >= 0.6 is 15.9 Å². The number of methoxy groups -OCH3 is 1. The molecule has 7 heteroatoms. The molecule has 6 nitrogen and oxygen atoms in total. The predicted molar refractivity (Wildman–Crippen MR) is 91.8 cm³/mol. The number of carbonyl (C=O) groups excluding carboxylic acids is 1. The number of para-hydroxylation sites is 1. The number of carbonyl (C=O) groups is 1. The number of hydrazone groups is 1. The standard InChI is InChI=1S/C16H16BrN3O3/c1-22-14-8-4-6-11(9-19-20-16(18)21)15(14)23-10-12-5-2-3-7-13(12)17/h2-9H,10H2,1H3,(H3,18,20,21). The lowest BCUT2D eigenvalue weighted by Gasteiger charge is -2.13. The first kappa shape index (κ1) is 16.8. The zero-order chi connectivity index (χ0) is 16.7. The van der Waals surface area contributed by atoms with E-state index in [1.54, 1.807) is 25.3 Å². The summed E-state index contributed by atoms with van der Waals surface area (Å²) in [5.41, 5.74) is 8.78. The number of halogens is 1. The van der Waals surface area contributed by atoms with Crippen molar-refractivity contribution in [1.29, 1.82) is 0 Å². The van der Waals surface area contributed by atoms with Crippen molar-refractivity contribution in [3.63, 3.8) is 0 Å². The molecule has 2 rings (SSSR count). The number of benzene rings is 2. The Bertz CT molecular complexity index is 719. The van der Waals surface area contributed by atoms with Gasteiger partial charge in [-0.2, -0.15) is 5.10 Å². The Kier molecular flexibility index (Phi) is 5.99. The molecule has 0 saturated heterocycles. The molecule has 0 atom stereocenters. The number of hydrogen-bond donors (Lipinski definition) is 2. The second-order valence-electron chi connectivity index (χ2n) is 4.49. The topological polar surface area (TPSA) is 85.9 Å². The lowest BCUT2D eigenvalue weighted by Crippen LogP contribution is -2.24. The molecule has 3 N–H and O–H groups in total. The van der Waals surface area contributed by atoms with Crippen molar-refractivity contribution in [2.24, 2.45) is 10.8 Å². The summed E-state index contributed by atoms with van der Waals surface area (Å²) < 4.78 is 12.2. The molecule has 0 aromatic heterocycles. The Morgan fingerprint density at radius 1 is 1.30 bits per heavy atom. The molecule has 0 spiro atoms. The van der Waals surface area contributed by atoms with Crippen LogP contribution in [0.25, 0.3) is 0 Å². The zero-order valence-corrected chi connectivity index (χ0v) is 14.0. The van der Waals surface area contributed by atoms with Gasteiger partial charge in [-0.05, 0) is 18.2 Å². The summed E-state index contributed by atoms with van der Waals surface area (Å²) in [5, 5.41) is 3.76. The Labute approximate surface area is 142 Å². The number of primary amides is 1. The average Bonchev–Trinajstić information content (AvgIpc) is 2.54. The fraction of sp³-hybridized carbons (Fsp3) is 0.125. The van der Waals surface area contributed by atoms with Gasteiger partial charge in [-0.25, -0.2) is 10.2 Å². The van der Waals surface area contributed by atoms with Crippen molar-refractivity contribution in [2.75, 3.05) is 7.11 Å². The number of nitrogens with two attached hydrogens (primary N) is 1. The summed E-state index contributed by atoms with van der Waals surface area (Å²) >= 11 is 3.48. The van der Waals surface area contributed by atoms with Gasteiger partial charge in [0.1, 0.15) is 6.61 Å². The average molecular weight is 378 g/mol. The monoisotopic (exact) mass is 377 g/mol. The predicted octanol–water partition coefficient (Wildman–Crippen LogP) is 3.04. The van der Waals surface area contributed by atoms with Crippen LogP contribution in [0, 0.1) is 0 Å². The van der Waals surface area contributed by atoms with Crippen LogP contribution in [0.15, 0.2) is 52.0 Å². The van der Waals surface area contributed by atoms with Crippen LogP contribution in [0.3, 0.4) is 0 Å². The van der Waals surface area contributed by atoms with Gasteiger partial charge in [0.2, 0.25) is 0 Å². The first-order chi connectivity index (χ1) is 11.1. The van der Waals surface area contributed by atoms with Crippen molar-refractivity contribution in [1.82, 2.24) is 5.43 Å². The van der Waals surface area contributed by atoms with Gasteiger partial charge in [-0.3, -0.25) is 0 Å². The van der Waals surface area contributed by atoms with Crippen molar-refractivity contribution in [3.8, 4) is 11.5 Å². The highest BCUT2D eigenvalue weighted by molar-refractivity contribution is 9.10. The van der Waals surface area contributed by atoms with Crippen LogP contribution in [0.2, 0.25) is 0 Å². The molecular weight excluding hydrogens is 362 g/mol. The van der Waals surface area contributed by atoms with Crippen LogP contribution in [-0.2, 0) is 6.61 Å². The van der Waals surface area contributed by atoms with Crippen LogP contribution in [0.4, 0.5) is 4.79 Å². The maximum atomic E-state index is 10.7. The number of ether oxygens (including phenoxy) is 2. The molecule has 0 heterocycles. The Balaban J connectivity index is 2.23. The Morgan fingerprint density at radius 2 is 2.09 bits per heavy atom. The van der Waals surface area contributed by atoms with Crippen LogP contribution in [-0.4, -0.2) is 19.4 Å². The molecule has 0 radical (unpaired) electrons. The van der Waals surface area contributed by atoms with Crippen molar-refractivity contribution in [3.05, 3.63) is 58.1 Å². The molecule has 23 heavy (non-hydrogen) atoms. The molecule has 0 aliphatic rings. The fourth-order valence-electron chi connectivity index (χ4n) is 1.88. The van der Waals surface area contributed by atoms with Gasteiger partial charge in [0, 0.05) is 15.6 Å². The van der Waals surface area contributed by atoms with Gasteiger partial charge in [0.25, 0.3) is 0 Å². The summed E-state index contributed by atoms with van der Waals surface area (Å²) in [5.74, 6) is 1.10. The molecule has 0 saturated carbocycles. The molecule has 0 aliphatic heterocycles. The molecule has 0 aliphatic carbocycles. The first-order valence-corrected chi connectivity index (χ1v) is 7.53. The second kappa shape index (κ2) is 8.19. The van der Waals surface area contributed by atoms with E-state index >= 15 is 0 Å². The van der Waals surface area contributed by atoms with E-state index in [0.29, 0.717) is 23.7 Å². The van der Waals surface area contributed by atoms with Crippen molar-refractivity contribution >= 4 is 28.2 Å². The highest BCUT2D eigenvalue weighted by Gasteiger charge is 2.10. The van der Waals surface area contributed by atoms with E-state index in [4.69, 9.17) is 15.2 Å². The summed E-state index contributed by atoms with van der Waals surface area (Å²) in [7, 11) is 1.56. The number of nitrogens with zero attached hydrogens (tertiary/aromatic N) is 1. The largest absolute Gasteiger partial charge is 0.493 e. The quantitative estimate of drug-likeness (QED) is 0.599. The normalized spacial score (nSPS) is 10.5. The van der Waals surface area contributed by atoms with E-state index in [-0.39, 0.29) is 0 Å². The van der Waals surface area contributed by atoms with E-state index in [1.165, 1.54) is 6.21 Å². The molecule has 2 aromatic carbocycles. The third-order valence-corrected chi connectivity index (χ3v) is 3.71. The zero-order valence-electron chi connectivity index (χ0n) is 12.5. The first-order valence-electron chi connectivity index (χ1n) is 6.73. The van der Waals surface area contributed by atoms with E-state index in [2.05, 4.69) is 26.5 Å². The summed E-state index contributed by atoms with van der Waals surface area (Å²) in [6.07, 6.45) is 1.45. The number of hydrogen-bond acceptors (Lipinski definition) is 4. The summed E-state index contributed by atoms with van der Waals surface area (Å²) in [6.45, 7) is 0.353. The van der Waals surface area contributed by atoms with Gasteiger partial charge in [0.15, 0.2) is 11.5 Å². The maximum Gasteiger partial charge on any atom is 0.332 e. The number of rotatable bonds is 6. The molecule has 2 aromatic rings. The SMILES string of the molecule is COc1cccc(C=NNC(N)=O)c1OCc1ccccc1Br. The van der Waals surface area contributed by atoms with Crippen molar-refractivity contribution < 1.29 is 14.3 Å². The van der Waals surface area contributed by atoms with E-state index < -0.39 is 6.03 Å². The number of urea groups is 1. The van der Waals surface area contributed by atoms with Crippen LogP contribution < -0.4 is 20.6 Å². The molecule has 2 amide bonds. The third kappa shape index (κ3) is 4.72. The minimum absolute atomic E-state index is 0.353. The number of nitrogens with one attached hydrogen (secondary N) is 1. The maximum absolute atomic E-state index is 10.7. The number of amides is 2. The minimum Gasteiger partial charge on any atom is -0.493 e. The second-order valence-corrected chi connectivity index (χ2v) is 5.35. The van der Waals surface area contributed by atoms with Gasteiger partial charge < -0.3 is 15.2 Å². The Morgan fingerprint density at radius 3 is 2.78 bits per heavy atom. The summed E-state index contributed by atoms with van der Waals surface area (Å²) in [6, 6.07) is 12.4. The van der Waals surface area contributed by atoms with Gasteiger partial charge >= 0.3 is 6.03 Å². The molecule has 0 fully saturated rings. The highest BCUT2D eigenvalue weighted by Crippen LogP contribution is 2.31. The van der Waals surface area contributed by atoms with E-state index in [1.807, 2.05) is 24.3 Å².